The average Bonchev–Trinajstić information content (AvgIpc) is 3.53. The average molecular weight is 485 g/mol. The molecule has 1 aliphatic carbocycles. The summed E-state index contributed by atoms with van der Waals surface area (Å²) in [5.74, 6) is -0.000211. The third-order valence-electron chi connectivity index (χ3n) is 6.14. The highest BCUT2D eigenvalue weighted by Crippen LogP contribution is 2.37. The number of pyridine rings is 1. The van der Waals surface area contributed by atoms with Crippen molar-refractivity contribution in [3.8, 4) is 5.75 Å². The van der Waals surface area contributed by atoms with Crippen molar-refractivity contribution in [3.05, 3.63) is 57.7 Å². The number of carbonyl (C=O) groups is 2. The molecule has 2 aromatic heterocycles. The van der Waals surface area contributed by atoms with Crippen molar-refractivity contribution in [2.45, 2.75) is 19.8 Å². The van der Waals surface area contributed by atoms with Gasteiger partial charge in [-0.15, -0.1) is 0 Å². The Kier molecular flexibility index (Phi) is 5.54. The standard InChI is InChI=1S/C24H22Cl2N4O3/c1-12-11-30(24(33)18-8-14(25)9-19(26)21(18)31)7-5-15(12)17-10-20(29-23(32)13-2-3-13)28-22-16(17)4-6-27-22/h4-6,8-10,12-13,31H,2-3,7,11H2,1H3,(H2,27,28,29,32). The predicted octanol–water partition coefficient (Wildman–Crippen LogP) is 5.10. The number of hydrogen-bond donors (Lipinski definition) is 3. The molecule has 3 aromatic rings. The number of phenols is 1. The fraction of sp³-hybridized carbons (Fsp3) is 0.292. The topological polar surface area (TPSA) is 98.3 Å². The highest BCUT2D eigenvalue weighted by molar-refractivity contribution is 6.36. The lowest BCUT2D eigenvalue weighted by molar-refractivity contribution is -0.117. The first kappa shape index (κ1) is 21.8. The van der Waals surface area contributed by atoms with E-state index in [9.17, 15) is 14.7 Å². The molecule has 0 bridgehead atoms. The molecule has 1 unspecified atom stereocenters. The van der Waals surface area contributed by atoms with Crippen LogP contribution in [-0.2, 0) is 4.79 Å². The van der Waals surface area contributed by atoms with Crippen LogP contribution in [0.3, 0.4) is 0 Å². The zero-order chi connectivity index (χ0) is 23.3. The highest BCUT2D eigenvalue weighted by atomic mass is 35.5. The largest absolute Gasteiger partial charge is 0.506 e. The number of aromatic nitrogens is 2. The molecule has 1 aromatic carbocycles. The van der Waals surface area contributed by atoms with Gasteiger partial charge in [-0.25, -0.2) is 4.98 Å². The zero-order valence-electron chi connectivity index (χ0n) is 17.9. The van der Waals surface area contributed by atoms with E-state index in [4.69, 9.17) is 23.2 Å². The zero-order valence-corrected chi connectivity index (χ0v) is 19.4. The molecule has 2 aliphatic rings. The summed E-state index contributed by atoms with van der Waals surface area (Å²) in [5, 5.41) is 14.5. The van der Waals surface area contributed by atoms with Gasteiger partial charge in [0.25, 0.3) is 5.91 Å². The van der Waals surface area contributed by atoms with Crippen molar-refractivity contribution in [2.75, 3.05) is 18.4 Å². The van der Waals surface area contributed by atoms with E-state index < -0.39 is 0 Å². The number of H-pyrrole nitrogens is 1. The second-order valence-electron chi connectivity index (χ2n) is 8.61. The summed E-state index contributed by atoms with van der Waals surface area (Å²) >= 11 is 12.0. The normalized spacial score (nSPS) is 18.3. The summed E-state index contributed by atoms with van der Waals surface area (Å²) in [5.41, 5.74) is 2.82. The van der Waals surface area contributed by atoms with Crippen LogP contribution in [0.2, 0.25) is 10.0 Å². The summed E-state index contributed by atoms with van der Waals surface area (Å²) in [4.78, 5) is 34.7. The van der Waals surface area contributed by atoms with E-state index in [-0.39, 0.29) is 45.0 Å². The lowest BCUT2D eigenvalue weighted by atomic mass is 9.89. The molecule has 2 amide bonds. The van der Waals surface area contributed by atoms with Gasteiger partial charge in [-0.05, 0) is 54.2 Å². The van der Waals surface area contributed by atoms with Gasteiger partial charge in [-0.1, -0.05) is 36.2 Å². The van der Waals surface area contributed by atoms with E-state index in [1.54, 1.807) is 4.90 Å². The number of aromatic hydroxyl groups is 1. The molecule has 3 N–H and O–H groups in total. The summed E-state index contributed by atoms with van der Waals surface area (Å²) in [6, 6.07) is 6.69. The number of rotatable bonds is 4. The maximum absolute atomic E-state index is 13.1. The number of fused-ring (bicyclic) bond motifs is 1. The summed E-state index contributed by atoms with van der Waals surface area (Å²) < 4.78 is 0. The fourth-order valence-corrected chi connectivity index (χ4v) is 4.76. The first-order valence-electron chi connectivity index (χ1n) is 10.8. The highest BCUT2D eigenvalue weighted by Gasteiger charge is 2.31. The van der Waals surface area contributed by atoms with Crippen LogP contribution in [0.4, 0.5) is 5.82 Å². The van der Waals surface area contributed by atoms with Crippen LogP contribution in [0.15, 0.2) is 36.5 Å². The molecule has 9 heteroatoms. The summed E-state index contributed by atoms with van der Waals surface area (Å²) in [6.07, 6.45) is 5.67. The van der Waals surface area contributed by atoms with Crippen LogP contribution in [0.1, 0.15) is 35.7 Å². The van der Waals surface area contributed by atoms with Crippen LogP contribution < -0.4 is 5.32 Å². The second kappa shape index (κ2) is 8.39. The molecule has 1 saturated carbocycles. The first-order valence-corrected chi connectivity index (χ1v) is 11.5. The number of nitrogens with one attached hydrogen (secondary N) is 2. The monoisotopic (exact) mass is 484 g/mol. The summed E-state index contributed by atoms with van der Waals surface area (Å²) in [7, 11) is 0. The molecular weight excluding hydrogens is 463 g/mol. The molecule has 1 aliphatic heterocycles. The van der Waals surface area contributed by atoms with Crippen molar-refractivity contribution in [2.24, 2.45) is 11.8 Å². The van der Waals surface area contributed by atoms with Gasteiger partial charge in [-0.3, -0.25) is 9.59 Å². The Balaban J connectivity index is 1.45. The first-order chi connectivity index (χ1) is 15.8. The Labute approximate surface area is 200 Å². The van der Waals surface area contributed by atoms with Crippen LogP contribution >= 0.6 is 23.2 Å². The minimum absolute atomic E-state index is 0.00166. The van der Waals surface area contributed by atoms with Crippen LogP contribution in [0.25, 0.3) is 16.6 Å². The van der Waals surface area contributed by atoms with Gasteiger partial charge < -0.3 is 20.3 Å². The number of phenolic OH excluding ortho intramolecular Hbond substituents is 1. The third kappa shape index (κ3) is 4.18. The third-order valence-corrected chi connectivity index (χ3v) is 6.65. The molecule has 0 radical (unpaired) electrons. The minimum atomic E-state index is -0.335. The number of halogens is 2. The van der Waals surface area contributed by atoms with Gasteiger partial charge in [0, 0.05) is 35.6 Å². The van der Waals surface area contributed by atoms with E-state index in [0.717, 1.165) is 29.4 Å². The molecular formula is C24H22Cl2N4O3. The van der Waals surface area contributed by atoms with Gasteiger partial charge in [0.05, 0.1) is 10.6 Å². The molecule has 1 fully saturated rings. The molecule has 3 heterocycles. The number of amides is 2. The Morgan fingerprint density at radius 1 is 1.24 bits per heavy atom. The van der Waals surface area contributed by atoms with Gasteiger partial charge in [0.2, 0.25) is 5.91 Å². The number of benzene rings is 1. The van der Waals surface area contributed by atoms with E-state index in [2.05, 4.69) is 15.3 Å². The minimum Gasteiger partial charge on any atom is -0.506 e. The number of hydrogen-bond acceptors (Lipinski definition) is 4. The van der Waals surface area contributed by atoms with Gasteiger partial charge >= 0.3 is 0 Å². The fourth-order valence-electron chi connectivity index (χ4n) is 4.27. The quantitative estimate of drug-likeness (QED) is 0.479. The Morgan fingerprint density at radius 2 is 2.03 bits per heavy atom. The van der Waals surface area contributed by atoms with Crippen molar-refractivity contribution < 1.29 is 14.7 Å². The molecule has 170 valence electrons. The SMILES string of the molecule is CC1CN(C(=O)c2cc(Cl)cc(Cl)c2O)CC=C1c1cc(NC(=O)C2CC2)nc2[nH]ccc12. The Morgan fingerprint density at radius 3 is 2.76 bits per heavy atom. The molecule has 1 atom stereocenters. The van der Waals surface area contributed by atoms with Gasteiger partial charge in [0.1, 0.15) is 17.2 Å². The van der Waals surface area contributed by atoms with E-state index in [1.165, 1.54) is 12.1 Å². The molecule has 0 saturated heterocycles. The molecule has 33 heavy (non-hydrogen) atoms. The summed E-state index contributed by atoms with van der Waals surface area (Å²) in [6.45, 7) is 2.85. The molecule has 7 nitrogen and oxygen atoms in total. The van der Waals surface area contributed by atoms with E-state index in [1.807, 2.05) is 31.3 Å². The Bertz CT molecular complexity index is 1310. The predicted molar refractivity (Wildman–Crippen MR) is 129 cm³/mol. The molecule has 5 rings (SSSR count). The van der Waals surface area contributed by atoms with Gasteiger partial charge in [-0.2, -0.15) is 0 Å². The van der Waals surface area contributed by atoms with Crippen molar-refractivity contribution in [3.63, 3.8) is 0 Å². The number of nitrogens with zero attached hydrogens (tertiary/aromatic N) is 2. The van der Waals surface area contributed by atoms with E-state index >= 15 is 0 Å². The number of carbonyl (C=O) groups excluding carboxylic acids is 2. The lowest BCUT2D eigenvalue weighted by Crippen LogP contribution is -2.38. The number of aromatic amines is 1. The lowest BCUT2D eigenvalue weighted by Gasteiger charge is -2.32. The van der Waals surface area contributed by atoms with E-state index in [0.29, 0.717) is 24.6 Å². The maximum atomic E-state index is 13.1. The van der Waals surface area contributed by atoms with Crippen LogP contribution in [0, 0.1) is 11.8 Å². The van der Waals surface area contributed by atoms with Crippen molar-refractivity contribution >= 4 is 57.4 Å². The Hall–Kier alpha value is -3.03. The van der Waals surface area contributed by atoms with Crippen LogP contribution in [-0.4, -0.2) is 44.9 Å². The molecule has 0 spiro atoms. The van der Waals surface area contributed by atoms with Crippen molar-refractivity contribution in [1.29, 1.82) is 0 Å². The number of anilines is 1. The van der Waals surface area contributed by atoms with Crippen molar-refractivity contribution in [1.82, 2.24) is 14.9 Å². The second-order valence-corrected chi connectivity index (χ2v) is 9.46. The smallest absolute Gasteiger partial charge is 0.258 e. The maximum Gasteiger partial charge on any atom is 0.258 e. The van der Waals surface area contributed by atoms with Gasteiger partial charge in [0.15, 0.2) is 0 Å². The van der Waals surface area contributed by atoms with Crippen LogP contribution in [0.5, 0.6) is 5.75 Å².